The van der Waals surface area contributed by atoms with Gasteiger partial charge < -0.3 is 10.6 Å². The Labute approximate surface area is 144 Å². The van der Waals surface area contributed by atoms with E-state index in [-0.39, 0.29) is 11.9 Å². The Morgan fingerprint density at radius 1 is 1.32 bits per heavy atom. The topological polar surface area (TPSA) is 88.1 Å². The lowest BCUT2D eigenvalue weighted by molar-refractivity contribution is -0.120. The molecule has 0 aliphatic heterocycles. The van der Waals surface area contributed by atoms with Gasteiger partial charge in [0.2, 0.25) is 5.91 Å². The van der Waals surface area contributed by atoms with Crippen LogP contribution in [0.4, 0.5) is 14.9 Å². The fraction of sp³-hybridized carbons (Fsp3) is 0.353. The lowest BCUT2D eigenvalue weighted by Gasteiger charge is -2.15. The highest BCUT2D eigenvalue weighted by molar-refractivity contribution is 5.98. The van der Waals surface area contributed by atoms with Gasteiger partial charge in [-0.15, -0.1) is 0 Å². The molecule has 7 nitrogen and oxygen atoms in total. The molecule has 1 unspecified atom stereocenters. The van der Waals surface area contributed by atoms with E-state index in [4.69, 9.17) is 0 Å². The third-order valence-corrected chi connectivity index (χ3v) is 4.01. The number of hydrogen-bond donors (Lipinski definition) is 3. The second-order valence-corrected chi connectivity index (χ2v) is 6.11. The summed E-state index contributed by atoms with van der Waals surface area (Å²) in [7, 11) is 0. The average molecular weight is 345 g/mol. The summed E-state index contributed by atoms with van der Waals surface area (Å²) in [4.78, 5) is 23.7. The van der Waals surface area contributed by atoms with Gasteiger partial charge in [0.1, 0.15) is 17.5 Å². The molecule has 0 saturated heterocycles. The van der Waals surface area contributed by atoms with Crippen LogP contribution in [0.3, 0.4) is 0 Å². The molecule has 3 amide bonds. The van der Waals surface area contributed by atoms with E-state index < -0.39 is 18.0 Å². The number of carbonyl (C=O) groups excluding carboxylic acids is 2. The minimum absolute atomic E-state index is 0.178. The van der Waals surface area contributed by atoms with E-state index >= 15 is 0 Å². The van der Waals surface area contributed by atoms with E-state index in [1.807, 2.05) is 0 Å². The number of nitrogens with zero attached hydrogens (tertiary/aromatic N) is 2. The molecule has 0 spiro atoms. The molecule has 1 aromatic heterocycles. The summed E-state index contributed by atoms with van der Waals surface area (Å²) >= 11 is 0. The Morgan fingerprint density at radius 2 is 2.04 bits per heavy atom. The molecule has 1 atom stereocenters. The number of carbonyl (C=O) groups is 2. The maximum atomic E-state index is 13.9. The minimum Gasteiger partial charge on any atom is -0.371 e. The van der Waals surface area contributed by atoms with Crippen molar-refractivity contribution in [1.29, 1.82) is 0 Å². The smallest absolute Gasteiger partial charge is 0.321 e. The van der Waals surface area contributed by atoms with E-state index in [1.54, 1.807) is 32.0 Å². The second-order valence-electron chi connectivity index (χ2n) is 6.11. The van der Waals surface area contributed by atoms with Crippen LogP contribution >= 0.6 is 0 Å². The van der Waals surface area contributed by atoms with Gasteiger partial charge in [0.05, 0.1) is 17.6 Å². The van der Waals surface area contributed by atoms with E-state index in [0.717, 1.165) is 12.8 Å². The van der Waals surface area contributed by atoms with Crippen LogP contribution in [0.25, 0.3) is 5.69 Å². The Bertz CT molecular complexity index is 800. The van der Waals surface area contributed by atoms with Crippen molar-refractivity contribution in [2.24, 2.45) is 0 Å². The summed E-state index contributed by atoms with van der Waals surface area (Å²) in [5, 5.41) is 12.2. The molecular formula is C17H20FN5O2. The number of benzene rings is 1. The first-order valence-electron chi connectivity index (χ1n) is 8.13. The molecule has 3 N–H and O–H groups in total. The standard InChI is InChI=1S/C17H20FN5O2/c1-10(16(24)22-17(25)21-12-7-8-12)20-14-9-19-23(11(14)2)15-6-4-3-5-13(15)18/h3-6,9-10,12,20H,7-8H2,1-2H3,(H2,21,22,24,25). The molecule has 1 fully saturated rings. The molecule has 1 aliphatic carbocycles. The van der Waals surface area contributed by atoms with Crippen LogP contribution < -0.4 is 16.0 Å². The zero-order valence-electron chi connectivity index (χ0n) is 14.0. The maximum Gasteiger partial charge on any atom is 0.321 e. The lowest BCUT2D eigenvalue weighted by Crippen LogP contribution is -2.46. The number of urea groups is 1. The molecule has 25 heavy (non-hydrogen) atoms. The largest absolute Gasteiger partial charge is 0.371 e. The number of amides is 3. The van der Waals surface area contributed by atoms with Crippen molar-refractivity contribution in [2.75, 3.05) is 5.32 Å². The van der Waals surface area contributed by atoms with Crippen LogP contribution in [0, 0.1) is 12.7 Å². The van der Waals surface area contributed by atoms with Crippen molar-refractivity contribution in [2.45, 2.75) is 38.8 Å². The van der Waals surface area contributed by atoms with Crippen molar-refractivity contribution >= 4 is 17.6 Å². The van der Waals surface area contributed by atoms with Crippen LogP contribution in [0.1, 0.15) is 25.5 Å². The number of para-hydroxylation sites is 1. The molecule has 1 aliphatic rings. The number of halogens is 1. The third-order valence-electron chi connectivity index (χ3n) is 4.01. The summed E-state index contributed by atoms with van der Waals surface area (Å²) < 4.78 is 15.4. The van der Waals surface area contributed by atoms with Gasteiger partial charge in [-0.2, -0.15) is 5.10 Å². The summed E-state index contributed by atoms with van der Waals surface area (Å²) in [6, 6.07) is 5.35. The van der Waals surface area contributed by atoms with E-state index in [1.165, 1.54) is 16.9 Å². The third kappa shape index (κ3) is 3.96. The summed E-state index contributed by atoms with van der Waals surface area (Å²) in [6.45, 7) is 3.41. The predicted octanol–water partition coefficient (Wildman–Crippen LogP) is 2.11. The first kappa shape index (κ1) is 16.9. The number of rotatable bonds is 5. The van der Waals surface area contributed by atoms with Gasteiger partial charge in [-0.25, -0.2) is 13.9 Å². The summed E-state index contributed by atoms with van der Waals surface area (Å²) in [6.07, 6.45) is 3.42. The van der Waals surface area contributed by atoms with Gasteiger partial charge in [0, 0.05) is 6.04 Å². The normalized spacial score (nSPS) is 14.7. The van der Waals surface area contributed by atoms with Crippen LogP contribution in [0.5, 0.6) is 0 Å². The molecule has 0 radical (unpaired) electrons. The van der Waals surface area contributed by atoms with Gasteiger partial charge in [-0.1, -0.05) is 12.1 Å². The second kappa shape index (κ2) is 6.92. The van der Waals surface area contributed by atoms with Crippen molar-refractivity contribution < 1.29 is 14.0 Å². The summed E-state index contributed by atoms with van der Waals surface area (Å²) in [5.74, 6) is -0.834. The van der Waals surface area contributed by atoms with Crippen LogP contribution in [-0.4, -0.2) is 33.8 Å². The predicted molar refractivity (Wildman–Crippen MR) is 91.0 cm³/mol. The van der Waals surface area contributed by atoms with Crippen LogP contribution in [-0.2, 0) is 4.79 Å². The first-order chi connectivity index (χ1) is 12.0. The van der Waals surface area contributed by atoms with Gasteiger partial charge in [0.25, 0.3) is 0 Å². The molecule has 1 saturated carbocycles. The lowest BCUT2D eigenvalue weighted by atomic mass is 10.2. The molecule has 0 bridgehead atoms. The number of imide groups is 1. The van der Waals surface area contributed by atoms with Gasteiger partial charge in [-0.3, -0.25) is 10.1 Å². The van der Waals surface area contributed by atoms with Crippen molar-refractivity contribution in [1.82, 2.24) is 20.4 Å². The van der Waals surface area contributed by atoms with Gasteiger partial charge >= 0.3 is 6.03 Å². The summed E-state index contributed by atoms with van der Waals surface area (Å²) in [5.41, 5.74) is 1.58. The Balaban J connectivity index is 1.65. The highest BCUT2D eigenvalue weighted by Crippen LogP contribution is 2.21. The first-order valence-corrected chi connectivity index (χ1v) is 8.13. The fourth-order valence-electron chi connectivity index (χ4n) is 2.39. The maximum absolute atomic E-state index is 13.9. The van der Waals surface area contributed by atoms with Crippen LogP contribution in [0.2, 0.25) is 0 Å². The van der Waals surface area contributed by atoms with Crippen LogP contribution in [0.15, 0.2) is 30.5 Å². The molecule has 1 aromatic carbocycles. The van der Waals surface area contributed by atoms with Crippen molar-refractivity contribution in [3.05, 3.63) is 42.0 Å². The molecule has 132 valence electrons. The Hall–Kier alpha value is -2.90. The monoisotopic (exact) mass is 345 g/mol. The molecular weight excluding hydrogens is 325 g/mol. The zero-order chi connectivity index (χ0) is 18.0. The molecule has 1 heterocycles. The molecule has 3 rings (SSSR count). The van der Waals surface area contributed by atoms with Crippen molar-refractivity contribution in [3.8, 4) is 5.69 Å². The van der Waals surface area contributed by atoms with E-state index in [2.05, 4.69) is 21.0 Å². The SMILES string of the molecule is Cc1c(NC(C)C(=O)NC(=O)NC2CC2)cnn1-c1ccccc1F. The number of hydrogen-bond acceptors (Lipinski definition) is 4. The highest BCUT2D eigenvalue weighted by atomic mass is 19.1. The molecule has 8 heteroatoms. The zero-order valence-corrected chi connectivity index (χ0v) is 14.0. The number of nitrogens with one attached hydrogen (secondary N) is 3. The van der Waals surface area contributed by atoms with Crippen molar-refractivity contribution in [3.63, 3.8) is 0 Å². The number of anilines is 1. The van der Waals surface area contributed by atoms with Gasteiger partial charge in [0.15, 0.2) is 0 Å². The Morgan fingerprint density at radius 3 is 2.72 bits per heavy atom. The van der Waals surface area contributed by atoms with E-state index in [9.17, 15) is 14.0 Å². The molecule has 2 aromatic rings. The quantitative estimate of drug-likeness (QED) is 0.774. The minimum atomic E-state index is -0.651. The highest BCUT2D eigenvalue weighted by Gasteiger charge is 2.25. The van der Waals surface area contributed by atoms with E-state index in [0.29, 0.717) is 17.1 Å². The van der Waals surface area contributed by atoms with Gasteiger partial charge in [-0.05, 0) is 38.8 Å². The Kier molecular flexibility index (Phi) is 4.69. The average Bonchev–Trinajstić information content (AvgIpc) is 3.31. The fourth-order valence-corrected chi connectivity index (χ4v) is 2.39. The number of aromatic nitrogens is 2.